The summed E-state index contributed by atoms with van der Waals surface area (Å²) in [5.74, 6) is -4.02. The zero-order valence-corrected chi connectivity index (χ0v) is 26.8. The van der Waals surface area contributed by atoms with Crippen LogP contribution in [-0.4, -0.2) is 71.1 Å². The molecule has 1 aliphatic heterocycles. The summed E-state index contributed by atoms with van der Waals surface area (Å²) in [4.78, 5) is 32.9. The van der Waals surface area contributed by atoms with Crippen LogP contribution in [0, 0.1) is 11.6 Å². The van der Waals surface area contributed by atoms with Crippen LogP contribution in [0.25, 0.3) is 21.8 Å². The number of halogens is 2. The fourth-order valence-electron chi connectivity index (χ4n) is 7.66. The fraction of sp³-hybridized carbons (Fsp3) is 0.444. The summed E-state index contributed by atoms with van der Waals surface area (Å²) < 4.78 is 49.8. The van der Waals surface area contributed by atoms with E-state index in [9.17, 15) is 28.6 Å². The predicted molar refractivity (Wildman–Crippen MR) is 170 cm³/mol. The summed E-state index contributed by atoms with van der Waals surface area (Å²) in [5.41, 5.74) is 0.228. The molecule has 2 N–H and O–H groups in total. The number of hydrogen-bond acceptors (Lipinski definition) is 8. The molecule has 0 bridgehead atoms. The van der Waals surface area contributed by atoms with E-state index in [1.54, 1.807) is 50.9 Å². The second-order valence-corrected chi connectivity index (χ2v) is 12.7. The van der Waals surface area contributed by atoms with Crippen LogP contribution in [0.3, 0.4) is 0 Å². The van der Waals surface area contributed by atoms with E-state index in [1.807, 2.05) is 0 Å². The van der Waals surface area contributed by atoms with Crippen molar-refractivity contribution in [2.24, 2.45) is 0 Å². The van der Waals surface area contributed by atoms with Crippen LogP contribution in [0.2, 0.25) is 0 Å². The Morgan fingerprint density at radius 1 is 0.667 bits per heavy atom. The average Bonchev–Trinajstić information content (AvgIpc) is 3.56. The van der Waals surface area contributed by atoms with Gasteiger partial charge < -0.3 is 29.2 Å². The van der Waals surface area contributed by atoms with E-state index in [0.717, 1.165) is 0 Å². The molecule has 2 aromatic heterocycles. The Kier molecular flexibility index (Phi) is 9.20. The van der Waals surface area contributed by atoms with Gasteiger partial charge >= 0.3 is 11.9 Å². The number of aliphatic carboxylic acids is 2. The van der Waals surface area contributed by atoms with Gasteiger partial charge in [0, 0.05) is 63.1 Å². The van der Waals surface area contributed by atoms with Crippen molar-refractivity contribution < 1.29 is 47.5 Å². The number of fused-ring (bicyclic) bond motifs is 2. The minimum absolute atomic E-state index is 0.347. The van der Waals surface area contributed by atoms with E-state index in [1.165, 1.54) is 24.3 Å². The Balaban J connectivity index is 0.000000167. The number of carbonyl (C=O) groups is 2. The van der Waals surface area contributed by atoms with Gasteiger partial charge in [-0.1, -0.05) is 0 Å². The van der Waals surface area contributed by atoms with Gasteiger partial charge in [-0.3, -0.25) is 19.6 Å². The van der Waals surface area contributed by atoms with Gasteiger partial charge in [-0.05, 0) is 85.3 Å². The molecular weight excluding hydrogens is 626 g/mol. The summed E-state index contributed by atoms with van der Waals surface area (Å²) in [6.07, 6.45) is 6.56. The zero-order valence-electron chi connectivity index (χ0n) is 26.8. The molecular formula is C36H38F2N2O8. The number of carboxylic acids is 2. The first-order chi connectivity index (χ1) is 23.0. The highest BCUT2D eigenvalue weighted by atomic mass is 19.1. The summed E-state index contributed by atoms with van der Waals surface area (Å²) in [7, 11) is 3.13. The monoisotopic (exact) mass is 664 g/mol. The normalized spacial score (nSPS) is 22.7. The number of hydrogen-bond donors (Lipinski definition) is 2. The van der Waals surface area contributed by atoms with E-state index in [4.69, 9.17) is 18.9 Å². The molecule has 0 amide bonds. The number of pyridine rings is 2. The maximum atomic E-state index is 13.7. The highest BCUT2D eigenvalue weighted by molar-refractivity contribution is 5.92. The topological polar surface area (TPSA) is 137 Å². The smallest absolute Gasteiger partial charge is 0.314 e. The van der Waals surface area contributed by atoms with E-state index in [-0.39, 0.29) is 0 Å². The molecule has 1 spiro atoms. The third kappa shape index (κ3) is 5.91. The number of benzene rings is 2. The quantitative estimate of drug-likeness (QED) is 0.227. The number of aromatic nitrogens is 2. The molecule has 254 valence electrons. The standard InChI is InChI=1S/C18H18FNO4.C18H20FNO4/c19-12-1-2-15-13(11-12)14(3-8-20-15)17(16(21)22)4-6-18(7-5-17)23-9-10-24-18;1-23-18(24-2)8-6-17(7-9-18,16(21)22)14-5-10-20-15-4-3-12(19)11-13(14)15/h1-3,8,11H,4-7,9-10H2,(H,21,22);3-5,10-11H,6-9H2,1-2H3,(H,21,22). The Morgan fingerprint density at radius 2 is 1.08 bits per heavy atom. The maximum absolute atomic E-state index is 13.7. The van der Waals surface area contributed by atoms with Gasteiger partial charge in [0.1, 0.15) is 11.6 Å². The third-order valence-electron chi connectivity index (χ3n) is 10.5. The fourth-order valence-corrected chi connectivity index (χ4v) is 7.66. The van der Waals surface area contributed by atoms with Crippen molar-refractivity contribution in [2.75, 3.05) is 27.4 Å². The molecule has 2 aromatic carbocycles. The summed E-state index contributed by atoms with van der Waals surface area (Å²) in [6, 6.07) is 11.9. The van der Waals surface area contributed by atoms with Crippen molar-refractivity contribution in [1.82, 2.24) is 9.97 Å². The zero-order chi connectivity index (χ0) is 34.2. The van der Waals surface area contributed by atoms with Crippen molar-refractivity contribution in [3.63, 3.8) is 0 Å². The summed E-state index contributed by atoms with van der Waals surface area (Å²) >= 11 is 0. The van der Waals surface area contributed by atoms with E-state index < -0.39 is 46.0 Å². The van der Waals surface area contributed by atoms with Crippen LogP contribution in [0.5, 0.6) is 0 Å². The van der Waals surface area contributed by atoms with Crippen molar-refractivity contribution in [3.8, 4) is 0 Å². The number of methoxy groups -OCH3 is 2. The van der Waals surface area contributed by atoms with Crippen LogP contribution in [-0.2, 0) is 39.4 Å². The molecule has 0 unspecified atom stereocenters. The van der Waals surface area contributed by atoms with Gasteiger partial charge in [0.05, 0.1) is 35.1 Å². The SMILES string of the molecule is COC1(OC)CCC(C(=O)O)(c2ccnc3ccc(F)cc23)CC1.O=C(O)C1(c2ccnc3ccc(F)cc23)CCC2(CC1)OCCO2. The average molecular weight is 665 g/mol. The van der Waals surface area contributed by atoms with Crippen molar-refractivity contribution in [1.29, 1.82) is 0 Å². The number of carboxylic acid groups (broad SMARTS) is 2. The lowest BCUT2D eigenvalue weighted by Crippen LogP contribution is -2.47. The van der Waals surface area contributed by atoms with Crippen LogP contribution in [0.15, 0.2) is 60.9 Å². The summed E-state index contributed by atoms with van der Waals surface area (Å²) in [5, 5.41) is 21.1. The molecule has 4 aromatic rings. The van der Waals surface area contributed by atoms with Crippen molar-refractivity contribution in [3.05, 3.63) is 83.7 Å². The second kappa shape index (κ2) is 13.1. The highest BCUT2D eigenvalue weighted by Crippen LogP contribution is 2.49. The second-order valence-electron chi connectivity index (χ2n) is 12.7. The third-order valence-corrected chi connectivity index (χ3v) is 10.5. The van der Waals surface area contributed by atoms with E-state index >= 15 is 0 Å². The molecule has 7 rings (SSSR count). The van der Waals surface area contributed by atoms with Gasteiger partial charge in [0.2, 0.25) is 0 Å². The molecule has 0 radical (unpaired) electrons. The Hall–Kier alpha value is -4.10. The maximum Gasteiger partial charge on any atom is 0.314 e. The lowest BCUT2D eigenvalue weighted by molar-refractivity contribution is -0.230. The van der Waals surface area contributed by atoms with Crippen molar-refractivity contribution >= 4 is 33.7 Å². The van der Waals surface area contributed by atoms with Crippen LogP contribution >= 0.6 is 0 Å². The van der Waals surface area contributed by atoms with Crippen LogP contribution < -0.4 is 0 Å². The van der Waals surface area contributed by atoms with Gasteiger partial charge in [0.25, 0.3) is 0 Å². The largest absolute Gasteiger partial charge is 0.481 e. The van der Waals surface area contributed by atoms with Gasteiger partial charge in [-0.2, -0.15) is 0 Å². The first-order valence-electron chi connectivity index (χ1n) is 16.0. The van der Waals surface area contributed by atoms with Gasteiger partial charge in [-0.15, -0.1) is 0 Å². The minimum atomic E-state index is -1.10. The molecule has 3 fully saturated rings. The molecule has 12 heteroatoms. The van der Waals surface area contributed by atoms with Gasteiger partial charge in [-0.25, -0.2) is 8.78 Å². The molecule has 3 heterocycles. The van der Waals surface area contributed by atoms with Gasteiger partial charge in [0.15, 0.2) is 11.6 Å². The number of nitrogens with zero attached hydrogens (tertiary/aromatic N) is 2. The van der Waals surface area contributed by atoms with Crippen LogP contribution in [0.4, 0.5) is 8.78 Å². The predicted octanol–water partition coefficient (Wildman–Crippen LogP) is 6.27. The molecule has 48 heavy (non-hydrogen) atoms. The molecule has 10 nitrogen and oxygen atoms in total. The Morgan fingerprint density at radius 3 is 1.48 bits per heavy atom. The van der Waals surface area contributed by atoms with E-state index in [0.29, 0.717) is 97.5 Å². The summed E-state index contributed by atoms with van der Waals surface area (Å²) in [6.45, 7) is 1.09. The minimum Gasteiger partial charge on any atom is -0.481 e. The number of ether oxygens (including phenoxy) is 4. The molecule has 2 aliphatic carbocycles. The Bertz CT molecular complexity index is 1700. The number of rotatable bonds is 6. The first kappa shape index (κ1) is 33.8. The lowest BCUT2D eigenvalue weighted by Gasteiger charge is -2.43. The lowest BCUT2D eigenvalue weighted by atomic mass is 9.67. The molecule has 1 saturated heterocycles. The first-order valence-corrected chi connectivity index (χ1v) is 16.0. The van der Waals surface area contributed by atoms with Crippen LogP contribution in [0.1, 0.15) is 62.5 Å². The van der Waals surface area contributed by atoms with Crippen molar-refractivity contribution in [2.45, 2.75) is 73.8 Å². The highest BCUT2D eigenvalue weighted by Gasteiger charge is 2.52. The Labute approximate surface area is 276 Å². The van der Waals surface area contributed by atoms with E-state index in [2.05, 4.69) is 9.97 Å². The molecule has 3 aliphatic rings. The molecule has 2 saturated carbocycles. The molecule has 0 atom stereocenters.